The molecule has 27 heavy (non-hydrogen) atoms. The molecule has 5 nitrogen and oxygen atoms in total. The number of thiazole rings is 1. The SMILES string of the molecule is CCC(=O)NCc1csc([C@H]2CCCN(C(=O)c3cc(C)ccc3C)C2)n1. The summed E-state index contributed by atoms with van der Waals surface area (Å²) in [7, 11) is 0. The number of rotatable bonds is 5. The summed E-state index contributed by atoms with van der Waals surface area (Å²) in [6.45, 7) is 7.83. The van der Waals surface area contributed by atoms with Gasteiger partial charge in [-0.2, -0.15) is 0 Å². The van der Waals surface area contributed by atoms with Crippen LogP contribution in [0.25, 0.3) is 0 Å². The van der Waals surface area contributed by atoms with Crippen molar-refractivity contribution in [3.63, 3.8) is 0 Å². The highest BCUT2D eigenvalue weighted by Gasteiger charge is 2.28. The van der Waals surface area contributed by atoms with Crippen LogP contribution in [0, 0.1) is 13.8 Å². The monoisotopic (exact) mass is 385 g/mol. The first-order valence-corrected chi connectivity index (χ1v) is 10.4. The van der Waals surface area contributed by atoms with Crippen LogP contribution in [0.2, 0.25) is 0 Å². The zero-order chi connectivity index (χ0) is 19.4. The molecular formula is C21H27N3O2S. The Morgan fingerprint density at radius 2 is 2.15 bits per heavy atom. The van der Waals surface area contributed by atoms with E-state index in [1.165, 1.54) is 0 Å². The molecule has 2 amide bonds. The zero-order valence-electron chi connectivity index (χ0n) is 16.2. The number of carbonyl (C=O) groups is 2. The van der Waals surface area contributed by atoms with Gasteiger partial charge < -0.3 is 10.2 Å². The van der Waals surface area contributed by atoms with Crippen molar-refractivity contribution in [3.05, 3.63) is 51.0 Å². The molecule has 1 aromatic carbocycles. The minimum atomic E-state index is 0.0347. The van der Waals surface area contributed by atoms with Gasteiger partial charge in [0, 0.05) is 36.4 Å². The van der Waals surface area contributed by atoms with Gasteiger partial charge in [-0.1, -0.05) is 24.6 Å². The van der Waals surface area contributed by atoms with Crippen LogP contribution in [0.4, 0.5) is 0 Å². The van der Waals surface area contributed by atoms with Gasteiger partial charge in [0.1, 0.15) is 0 Å². The largest absolute Gasteiger partial charge is 0.350 e. The predicted octanol–water partition coefficient (Wildman–Crippen LogP) is 3.81. The molecular weight excluding hydrogens is 358 g/mol. The molecule has 1 aromatic heterocycles. The Morgan fingerprint density at radius 3 is 2.93 bits per heavy atom. The summed E-state index contributed by atoms with van der Waals surface area (Å²) in [5.41, 5.74) is 3.83. The summed E-state index contributed by atoms with van der Waals surface area (Å²) in [6, 6.07) is 6.04. The lowest BCUT2D eigenvalue weighted by Crippen LogP contribution is -2.39. The van der Waals surface area contributed by atoms with Crippen molar-refractivity contribution >= 4 is 23.2 Å². The molecule has 3 rings (SSSR count). The Bertz CT molecular complexity index is 831. The van der Waals surface area contributed by atoms with Crippen molar-refractivity contribution in [2.24, 2.45) is 0 Å². The fourth-order valence-electron chi connectivity index (χ4n) is 3.41. The molecule has 1 saturated heterocycles. The van der Waals surface area contributed by atoms with Crippen LogP contribution in [-0.4, -0.2) is 34.8 Å². The van der Waals surface area contributed by atoms with Crippen LogP contribution in [0.3, 0.4) is 0 Å². The second kappa shape index (κ2) is 8.65. The number of aromatic nitrogens is 1. The molecule has 6 heteroatoms. The molecule has 0 radical (unpaired) electrons. The standard InChI is InChI=1S/C21H27N3O2S/c1-4-19(25)22-11-17-13-27-20(23-17)16-6-5-9-24(12-16)21(26)18-10-14(2)7-8-15(18)3/h7-8,10,13,16H,4-6,9,11-12H2,1-3H3,(H,22,25)/t16-/m0/s1. The number of benzene rings is 1. The van der Waals surface area contributed by atoms with Crippen molar-refractivity contribution < 1.29 is 9.59 Å². The number of hydrogen-bond acceptors (Lipinski definition) is 4. The molecule has 0 aliphatic carbocycles. The lowest BCUT2D eigenvalue weighted by molar-refractivity contribution is -0.120. The minimum Gasteiger partial charge on any atom is -0.350 e. The van der Waals surface area contributed by atoms with Gasteiger partial charge >= 0.3 is 0 Å². The second-order valence-corrected chi connectivity index (χ2v) is 8.11. The van der Waals surface area contributed by atoms with E-state index in [2.05, 4.69) is 5.32 Å². The summed E-state index contributed by atoms with van der Waals surface area (Å²) in [6.07, 6.45) is 2.52. The smallest absolute Gasteiger partial charge is 0.254 e. The van der Waals surface area contributed by atoms with Crippen LogP contribution in [0.15, 0.2) is 23.6 Å². The van der Waals surface area contributed by atoms with E-state index in [1.807, 2.05) is 49.3 Å². The number of nitrogens with zero attached hydrogens (tertiary/aromatic N) is 2. The molecule has 1 N–H and O–H groups in total. The van der Waals surface area contributed by atoms with E-state index in [0.717, 1.165) is 46.8 Å². The van der Waals surface area contributed by atoms with Gasteiger partial charge in [0.25, 0.3) is 5.91 Å². The summed E-state index contributed by atoms with van der Waals surface area (Å²) in [5.74, 6) is 0.425. The van der Waals surface area contributed by atoms with E-state index >= 15 is 0 Å². The summed E-state index contributed by atoms with van der Waals surface area (Å²) >= 11 is 1.63. The van der Waals surface area contributed by atoms with Crippen LogP contribution >= 0.6 is 11.3 Å². The molecule has 0 unspecified atom stereocenters. The van der Waals surface area contributed by atoms with E-state index in [9.17, 15) is 9.59 Å². The minimum absolute atomic E-state index is 0.0347. The zero-order valence-corrected chi connectivity index (χ0v) is 17.1. The summed E-state index contributed by atoms with van der Waals surface area (Å²) in [5, 5.41) is 5.94. The third-order valence-electron chi connectivity index (χ3n) is 5.04. The van der Waals surface area contributed by atoms with Gasteiger partial charge in [0.05, 0.1) is 17.2 Å². The fourth-order valence-corrected chi connectivity index (χ4v) is 4.35. The van der Waals surface area contributed by atoms with Crippen molar-refractivity contribution in [1.29, 1.82) is 0 Å². The first kappa shape index (κ1) is 19.5. The molecule has 0 saturated carbocycles. The van der Waals surface area contributed by atoms with E-state index < -0.39 is 0 Å². The third kappa shape index (κ3) is 4.75. The van der Waals surface area contributed by atoms with E-state index in [0.29, 0.717) is 19.5 Å². The number of hydrogen-bond donors (Lipinski definition) is 1. The highest BCUT2D eigenvalue weighted by Crippen LogP contribution is 2.30. The molecule has 2 heterocycles. The maximum absolute atomic E-state index is 13.0. The summed E-state index contributed by atoms with van der Waals surface area (Å²) < 4.78 is 0. The lowest BCUT2D eigenvalue weighted by atomic mass is 9.97. The fraction of sp³-hybridized carbons (Fsp3) is 0.476. The lowest BCUT2D eigenvalue weighted by Gasteiger charge is -2.32. The van der Waals surface area contributed by atoms with Gasteiger partial charge in [-0.05, 0) is 38.3 Å². The number of piperidine rings is 1. The first-order chi connectivity index (χ1) is 13.0. The first-order valence-electron chi connectivity index (χ1n) is 9.55. The van der Waals surface area contributed by atoms with Crippen molar-refractivity contribution in [2.45, 2.75) is 52.5 Å². The highest BCUT2D eigenvalue weighted by atomic mass is 32.1. The summed E-state index contributed by atoms with van der Waals surface area (Å²) in [4.78, 5) is 31.1. The van der Waals surface area contributed by atoms with Gasteiger partial charge in [-0.25, -0.2) is 4.98 Å². The molecule has 0 bridgehead atoms. The maximum Gasteiger partial charge on any atom is 0.254 e. The van der Waals surface area contributed by atoms with Gasteiger partial charge in [-0.15, -0.1) is 11.3 Å². The molecule has 0 spiro atoms. The molecule has 1 atom stereocenters. The Labute approximate surface area is 164 Å². The third-order valence-corrected chi connectivity index (χ3v) is 6.09. The molecule has 144 valence electrons. The topological polar surface area (TPSA) is 62.3 Å². The number of carbonyl (C=O) groups excluding carboxylic acids is 2. The normalized spacial score (nSPS) is 17.0. The number of aryl methyl sites for hydroxylation is 2. The van der Waals surface area contributed by atoms with Crippen LogP contribution in [0.1, 0.15) is 64.3 Å². The van der Waals surface area contributed by atoms with Crippen LogP contribution in [-0.2, 0) is 11.3 Å². The van der Waals surface area contributed by atoms with Crippen molar-refractivity contribution in [1.82, 2.24) is 15.2 Å². The predicted molar refractivity (Wildman–Crippen MR) is 108 cm³/mol. The average molecular weight is 386 g/mol. The van der Waals surface area contributed by atoms with Crippen molar-refractivity contribution in [2.75, 3.05) is 13.1 Å². The van der Waals surface area contributed by atoms with E-state index in [1.54, 1.807) is 11.3 Å². The Balaban J connectivity index is 1.67. The van der Waals surface area contributed by atoms with E-state index in [4.69, 9.17) is 4.98 Å². The number of nitrogens with one attached hydrogen (secondary N) is 1. The molecule has 1 aliphatic heterocycles. The Hall–Kier alpha value is -2.21. The number of likely N-dealkylation sites (tertiary alicyclic amines) is 1. The molecule has 1 aliphatic rings. The van der Waals surface area contributed by atoms with Gasteiger partial charge in [-0.3, -0.25) is 9.59 Å². The van der Waals surface area contributed by atoms with Gasteiger partial charge in [0.15, 0.2) is 0 Å². The van der Waals surface area contributed by atoms with Crippen LogP contribution < -0.4 is 5.32 Å². The van der Waals surface area contributed by atoms with Crippen LogP contribution in [0.5, 0.6) is 0 Å². The maximum atomic E-state index is 13.0. The molecule has 2 aromatic rings. The van der Waals surface area contributed by atoms with Gasteiger partial charge in [0.2, 0.25) is 5.91 Å². The van der Waals surface area contributed by atoms with E-state index in [-0.39, 0.29) is 17.7 Å². The van der Waals surface area contributed by atoms with Crippen molar-refractivity contribution in [3.8, 4) is 0 Å². The average Bonchev–Trinajstić information content (AvgIpc) is 3.16. The quantitative estimate of drug-likeness (QED) is 0.851. The highest BCUT2D eigenvalue weighted by molar-refractivity contribution is 7.09. The number of amides is 2. The Kier molecular flexibility index (Phi) is 6.26. The Morgan fingerprint density at radius 1 is 1.33 bits per heavy atom. The molecule has 1 fully saturated rings. The second-order valence-electron chi connectivity index (χ2n) is 7.22.